The molecule has 1 nitrogen and oxygen atoms in total. The van der Waals surface area contributed by atoms with Gasteiger partial charge in [0, 0.05) is 5.56 Å². The van der Waals surface area contributed by atoms with E-state index in [-0.39, 0.29) is 0 Å². The molecule has 1 aromatic rings. The van der Waals surface area contributed by atoms with Crippen molar-refractivity contribution in [1.29, 1.82) is 0 Å². The molecular weight excluding hydrogens is 216 g/mol. The first-order valence-corrected chi connectivity index (χ1v) is 4.46. The lowest BCUT2D eigenvalue weighted by atomic mass is 10.2. The third kappa shape index (κ3) is 1.80. The van der Waals surface area contributed by atoms with Crippen molar-refractivity contribution >= 4 is 15.9 Å². The van der Waals surface area contributed by atoms with Crippen molar-refractivity contribution in [3.05, 3.63) is 28.2 Å². The van der Waals surface area contributed by atoms with Gasteiger partial charge in [0.2, 0.25) is 0 Å². The van der Waals surface area contributed by atoms with Gasteiger partial charge in [-0.2, -0.15) is 0 Å². The summed E-state index contributed by atoms with van der Waals surface area (Å²) in [7, 11) is 0. The summed E-state index contributed by atoms with van der Waals surface area (Å²) in [5.74, 6) is 3.37. The average molecular weight is 225 g/mol. The van der Waals surface area contributed by atoms with Crippen LogP contribution in [0.4, 0.5) is 0 Å². The van der Waals surface area contributed by atoms with E-state index in [4.69, 9.17) is 11.2 Å². The minimum Gasteiger partial charge on any atom is -0.493 e. The molecule has 0 radical (unpaired) electrons. The fourth-order valence-corrected chi connectivity index (χ4v) is 1.38. The molecule has 0 amide bonds. The van der Waals surface area contributed by atoms with Gasteiger partial charge in [0.15, 0.2) is 0 Å². The molecule has 2 heteroatoms. The van der Waals surface area contributed by atoms with Gasteiger partial charge in [-0.15, -0.1) is 6.42 Å². The molecule has 1 aromatic carbocycles. The summed E-state index contributed by atoms with van der Waals surface area (Å²) in [6, 6.07) is 5.63. The number of terminal acetylenes is 1. The molecule has 0 aromatic heterocycles. The monoisotopic (exact) mass is 224 g/mol. The Morgan fingerprint density at radius 3 is 2.92 bits per heavy atom. The lowest BCUT2D eigenvalue weighted by Crippen LogP contribution is -1.93. The number of hydrogen-bond donors (Lipinski definition) is 0. The van der Waals surface area contributed by atoms with Crippen molar-refractivity contribution in [3.8, 4) is 18.1 Å². The van der Waals surface area contributed by atoms with Crippen LogP contribution in [0.3, 0.4) is 0 Å². The molecule has 0 fully saturated rings. The molecule has 0 heterocycles. The minimum absolute atomic E-state index is 0.645. The van der Waals surface area contributed by atoms with E-state index in [0.717, 1.165) is 15.8 Å². The van der Waals surface area contributed by atoms with Gasteiger partial charge in [0.05, 0.1) is 11.1 Å². The van der Waals surface area contributed by atoms with Gasteiger partial charge >= 0.3 is 0 Å². The second-order valence-corrected chi connectivity index (χ2v) is 2.99. The summed E-state index contributed by atoms with van der Waals surface area (Å²) >= 11 is 3.37. The standard InChI is InChI=1S/C10H9BrO/c1-3-8-6-5-7-9(10(8)11)12-4-2/h1,5-7H,4H2,2H3. The Labute approximate surface area is 80.9 Å². The van der Waals surface area contributed by atoms with E-state index in [0.29, 0.717) is 6.61 Å². The lowest BCUT2D eigenvalue weighted by molar-refractivity contribution is 0.338. The number of ether oxygens (including phenoxy) is 1. The maximum absolute atomic E-state index is 5.34. The van der Waals surface area contributed by atoms with Gasteiger partial charge in [-0.1, -0.05) is 12.0 Å². The molecule has 0 atom stereocenters. The minimum atomic E-state index is 0.645. The molecule has 0 unspecified atom stereocenters. The van der Waals surface area contributed by atoms with Crippen LogP contribution in [0.15, 0.2) is 22.7 Å². The fourth-order valence-electron chi connectivity index (χ4n) is 0.889. The Bertz CT molecular complexity index is 312. The van der Waals surface area contributed by atoms with Gasteiger partial charge < -0.3 is 4.74 Å². The quantitative estimate of drug-likeness (QED) is 0.703. The van der Waals surface area contributed by atoms with Crippen molar-refractivity contribution in [2.24, 2.45) is 0 Å². The van der Waals surface area contributed by atoms with Crippen LogP contribution in [0.5, 0.6) is 5.75 Å². The smallest absolute Gasteiger partial charge is 0.134 e. The summed E-state index contributed by atoms with van der Waals surface area (Å²) in [5, 5.41) is 0. The molecule has 0 aliphatic heterocycles. The molecule has 0 saturated carbocycles. The maximum atomic E-state index is 5.34. The molecule has 0 spiro atoms. The zero-order valence-electron chi connectivity index (χ0n) is 6.80. The molecule has 0 N–H and O–H groups in total. The van der Waals surface area contributed by atoms with E-state index in [1.165, 1.54) is 0 Å². The fraction of sp³-hybridized carbons (Fsp3) is 0.200. The molecule has 0 aliphatic carbocycles. The lowest BCUT2D eigenvalue weighted by Gasteiger charge is -2.05. The van der Waals surface area contributed by atoms with E-state index < -0.39 is 0 Å². The number of hydrogen-bond acceptors (Lipinski definition) is 1. The maximum Gasteiger partial charge on any atom is 0.134 e. The first-order valence-electron chi connectivity index (χ1n) is 3.67. The van der Waals surface area contributed by atoms with Crippen LogP contribution in [-0.2, 0) is 0 Å². The first-order chi connectivity index (χ1) is 5.79. The Morgan fingerprint density at radius 2 is 2.33 bits per heavy atom. The van der Waals surface area contributed by atoms with Crippen molar-refractivity contribution in [3.63, 3.8) is 0 Å². The average Bonchev–Trinajstić information content (AvgIpc) is 2.09. The molecule has 0 saturated heterocycles. The van der Waals surface area contributed by atoms with Gasteiger partial charge in [0.25, 0.3) is 0 Å². The highest BCUT2D eigenvalue weighted by Gasteiger charge is 2.02. The third-order valence-corrected chi connectivity index (χ3v) is 2.24. The van der Waals surface area contributed by atoms with Gasteiger partial charge in [-0.05, 0) is 35.0 Å². The third-order valence-electron chi connectivity index (χ3n) is 1.42. The van der Waals surface area contributed by atoms with Crippen molar-refractivity contribution in [2.45, 2.75) is 6.92 Å². The molecular formula is C10H9BrO. The van der Waals surface area contributed by atoms with E-state index >= 15 is 0 Å². The zero-order chi connectivity index (χ0) is 8.97. The van der Waals surface area contributed by atoms with E-state index in [2.05, 4.69) is 21.9 Å². The predicted molar refractivity (Wildman–Crippen MR) is 53.2 cm³/mol. The van der Waals surface area contributed by atoms with E-state index in [1.807, 2.05) is 25.1 Å². The molecule has 1 rings (SSSR count). The van der Waals surface area contributed by atoms with Gasteiger partial charge in [-0.25, -0.2) is 0 Å². The molecule has 62 valence electrons. The van der Waals surface area contributed by atoms with Crippen LogP contribution in [0, 0.1) is 12.3 Å². The highest BCUT2D eigenvalue weighted by atomic mass is 79.9. The van der Waals surface area contributed by atoms with Crippen molar-refractivity contribution in [1.82, 2.24) is 0 Å². The normalized spacial score (nSPS) is 9.08. The van der Waals surface area contributed by atoms with Crippen molar-refractivity contribution < 1.29 is 4.74 Å². The van der Waals surface area contributed by atoms with E-state index in [1.54, 1.807) is 0 Å². The summed E-state index contributed by atoms with van der Waals surface area (Å²) in [5.41, 5.74) is 0.820. The highest BCUT2D eigenvalue weighted by Crippen LogP contribution is 2.27. The topological polar surface area (TPSA) is 9.23 Å². The molecule has 12 heavy (non-hydrogen) atoms. The van der Waals surface area contributed by atoms with Crippen LogP contribution in [0.2, 0.25) is 0 Å². The van der Waals surface area contributed by atoms with Crippen LogP contribution in [0.25, 0.3) is 0 Å². The second-order valence-electron chi connectivity index (χ2n) is 2.20. The molecule has 0 bridgehead atoms. The largest absolute Gasteiger partial charge is 0.493 e. The summed E-state index contributed by atoms with van der Waals surface area (Å²) in [6.07, 6.45) is 5.28. The number of rotatable bonds is 2. The van der Waals surface area contributed by atoms with E-state index in [9.17, 15) is 0 Å². The van der Waals surface area contributed by atoms with Crippen LogP contribution in [0.1, 0.15) is 12.5 Å². The number of halogens is 1. The Morgan fingerprint density at radius 1 is 1.58 bits per heavy atom. The van der Waals surface area contributed by atoms with Crippen LogP contribution < -0.4 is 4.74 Å². The molecule has 0 aliphatic rings. The van der Waals surface area contributed by atoms with Crippen LogP contribution >= 0.6 is 15.9 Å². The SMILES string of the molecule is C#Cc1cccc(OCC)c1Br. The Balaban J connectivity index is 3.07. The predicted octanol–water partition coefficient (Wildman–Crippen LogP) is 2.83. The highest BCUT2D eigenvalue weighted by molar-refractivity contribution is 9.10. The second kappa shape index (κ2) is 4.18. The van der Waals surface area contributed by atoms with Gasteiger partial charge in [-0.3, -0.25) is 0 Å². The Kier molecular flexibility index (Phi) is 3.19. The van der Waals surface area contributed by atoms with Gasteiger partial charge in [0.1, 0.15) is 5.75 Å². The number of benzene rings is 1. The Hall–Kier alpha value is -0.940. The zero-order valence-corrected chi connectivity index (χ0v) is 8.39. The summed E-state index contributed by atoms with van der Waals surface area (Å²) in [4.78, 5) is 0. The first kappa shape index (κ1) is 9.15. The summed E-state index contributed by atoms with van der Waals surface area (Å²) in [6.45, 7) is 2.58. The van der Waals surface area contributed by atoms with Crippen molar-refractivity contribution in [2.75, 3.05) is 6.61 Å². The summed E-state index contributed by atoms with van der Waals surface area (Å²) < 4.78 is 6.19. The van der Waals surface area contributed by atoms with Crippen LogP contribution in [-0.4, -0.2) is 6.61 Å².